The molecule has 1 unspecified atom stereocenters. The van der Waals surface area contributed by atoms with Crippen molar-refractivity contribution in [3.05, 3.63) is 0 Å². The van der Waals surface area contributed by atoms with Crippen LogP contribution in [0.1, 0.15) is 32.6 Å². The van der Waals surface area contributed by atoms with Gasteiger partial charge in [0, 0.05) is 0 Å². The normalized spacial score (nSPS) is 22.2. The van der Waals surface area contributed by atoms with Crippen molar-refractivity contribution in [1.82, 2.24) is 0 Å². The Morgan fingerprint density at radius 3 is 2.30 bits per heavy atom. The standard InChI is InChI=1S/C7H15NO.ClH/c1-6(9-8)7-4-2-3-5-7;/h6-7H,2-5,8H2,1H3;1H. The van der Waals surface area contributed by atoms with Crippen molar-refractivity contribution < 1.29 is 4.84 Å². The first-order valence-electron chi connectivity index (χ1n) is 3.70. The maximum absolute atomic E-state index is 5.05. The third-order valence-electron chi connectivity index (χ3n) is 2.28. The van der Waals surface area contributed by atoms with Crippen molar-refractivity contribution in [3.8, 4) is 0 Å². The highest BCUT2D eigenvalue weighted by Crippen LogP contribution is 2.28. The molecule has 1 aliphatic carbocycles. The molecule has 1 rings (SSSR count). The number of hydrogen-bond acceptors (Lipinski definition) is 2. The third kappa shape index (κ3) is 2.45. The van der Waals surface area contributed by atoms with Gasteiger partial charge in [-0.3, -0.25) is 0 Å². The Bertz CT molecular complexity index is 83.7. The van der Waals surface area contributed by atoms with E-state index in [1.165, 1.54) is 25.7 Å². The second kappa shape index (κ2) is 4.94. The summed E-state index contributed by atoms with van der Waals surface area (Å²) in [5.74, 6) is 5.78. The Labute approximate surface area is 68.5 Å². The maximum atomic E-state index is 5.05. The highest BCUT2D eigenvalue weighted by molar-refractivity contribution is 5.85. The van der Waals surface area contributed by atoms with Crippen LogP contribution in [-0.4, -0.2) is 6.10 Å². The molecule has 0 radical (unpaired) electrons. The SMILES string of the molecule is CC(ON)C1CCCC1.Cl. The van der Waals surface area contributed by atoms with E-state index in [-0.39, 0.29) is 18.5 Å². The molecule has 0 amide bonds. The molecule has 2 N–H and O–H groups in total. The monoisotopic (exact) mass is 165 g/mol. The van der Waals surface area contributed by atoms with Crippen LogP contribution in [0.4, 0.5) is 0 Å². The van der Waals surface area contributed by atoms with E-state index >= 15 is 0 Å². The van der Waals surface area contributed by atoms with E-state index in [2.05, 4.69) is 6.92 Å². The summed E-state index contributed by atoms with van der Waals surface area (Å²) in [6.07, 6.45) is 5.60. The lowest BCUT2D eigenvalue weighted by molar-refractivity contribution is 0.0262. The zero-order valence-corrected chi connectivity index (χ0v) is 7.19. The second-order valence-electron chi connectivity index (χ2n) is 2.89. The van der Waals surface area contributed by atoms with E-state index < -0.39 is 0 Å². The average Bonchev–Trinajstić information content (AvgIpc) is 2.37. The summed E-state index contributed by atoms with van der Waals surface area (Å²) in [6.45, 7) is 2.05. The highest BCUT2D eigenvalue weighted by atomic mass is 35.5. The van der Waals surface area contributed by atoms with Crippen molar-refractivity contribution >= 4 is 12.4 Å². The lowest BCUT2D eigenvalue weighted by atomic mass is 10.0. The summed E-state index contributed by atoms with van der Waals surface area (Å²) in [5, 5.41) is 0. The smallest absolute Gasteiger partial charge is 0.0787 e. The molecule has 0 heterocycles. The van der Waals surface area contributed by atoms with Gasteiger partial charge in [0.25, 0.3) is 0 Å². The quantitative estimate of drug-likeness (QED) is 0.635. The summed E-state index contributed by atoms with van der Waals surface area (Å²) >= 11 is 0. The topological polar surface area (TPSA) is 35.2 Å². The van der Waals surface area contributed by atoms with Gasteiger partial charge in [-0.2, -0.15) is 0 Å². The molecule has 62 valence electrons. The van der Waals surface area contributed by atoms with Crippen LogP contribution in [-0.2, 0) is 4.84 Å². The Morgan fingerprint density at radius 2 is 1.90 bits per heavy atom. The van der Waals surface area contributed by atoms with Gasteiger partial charge in [0.1, 0.15) is 0 Å². The zero-order chi connectivity index (χ0) is 6.69. The molecule has 0 saturated heterocycles. The Hall–Kier alpha value is 0.210. The zero-order valence-electron chi connectivity index (χ0n) is 6.38. The number of rotatable bonds is 2. The Kier molecular flexibility index (Phi) is 5.04. The lowest BCUT2D eigenvalue weighted by Crippen LogP contribution is -2.21. The summed E-state index contributed by atoms with van der Waals surface area (Å²) in [5.41, 5.74) is 0. The van der Waals surface area contributed by atoms with E-state index in [0.29, 0.717) is 0 Å². The van der Waals surface area contributed by atoms with Crippen LogP contribution in [0.3, 0.4) is 0 Å². The fourth-order valence-corrected chi connectivity index (χ4v) is 1.54. The molecule has 10 heavy (non-hydrogen) atoms. The lowest BCUT2D eigenvalue weighted by Gasteiger charge is -2.14. The molecule has 0 aliphatic heterocycles. The summed E-state index contributed by atoms with van der Waals surface area (Å²) in [6, 6.07) is 0. The fraction of sp³-hybridized carbons (Fsp3) is 1.00. The molecule has 3 heteroatoms. The van der Waals surface area contributed by atoms with Gasteiger partial charge in [0.2, 0.25) is 0 Å². The van der Waals surface area contributed by atoms with Crippen molar-refractivity contribution in [2.24, 2.45) is 11.8 Å². The minimum absolute atomic E-state index is 0. The van der Waals surface area contributed by atoms with Crippen LogP contribution < -0.4 is 5.90 Å². The highest BCUT2D eigenvalue weighted by Gasteiger charge is 2.21. The molecule has 1 fully saturated rings. The second-order valence-corrected chi connectivity index (χ2v) is 2.89. The van der Waals surface area contributed by atoms with E-state index in [4.69, 9.17) is 10.7 Å². The molecule has 1 atom stereocenters. The van der Waals surface area contributed by atoms with Crippen LogP contribution in [0, 0.1) is 5.92 Å². The predicted octanol–water partition coefficient (Wildman–Crippen LogP) is 1.88. The van der Waals surface area contributed by atoms with Gasteiger partial charge in [0.05, 0.1) is 6.10 Å². The molecule has 2 nitrogen and oxygen atoms in total. The molecule has 0 bridgehead atoms. The minimum Gasteiger partial charge on any atom is -0.301 e. The van der Waals surface area contributed by atoms with Gasteiger partial charge in [-0.25, -0.2) is 5.90 Å². The van der Waals surface area contributed by atoms with Crippen LogP contribution in [0.5, 0.6) is 0 Å². The van der Waals surface area contributed by atoms with Gasteiger partial charge in [-0.1, -0.05) is 12.8 Å². The van der Waals surface area contributed by atoms with Gasteiger partial charge in [-0.05, 0) is 25.7 Å². The molecule has 0 aromatic carbocycles. The molecule has 0 aromatic rings. The average molecular weight is 166 g/mol. The van der Waals surface area contributed by atoms with Gasteiger partial charge < -0.3 is 4.84 Å². The van der Waals surface area contributed by atoms with Crippen LogP contribution >= 0.6 is 12.4 Å². The maximum Gasteiger partial charge on any atom is 0.0787 e. The minimum atomic E-state index is 0. The van der Waals surface area contributed by atoms with Gasteiger partial charge >= 0.3 is 0 Å². The number of halogens is 1. The fourth-order valence-electron chi connectivity index (χ4n) is 1.54. The van der Waals surface area contributed by atoms with E-state index in [0.717, 1.165) is 5.92 Å². The first-order valence-corrected chi connectivity index (χ1v) is 3.70. The van der Waals surface area contributed by atoms with E-state index in [1.807, 2.05) is 0 Å². The molecule has 1 aliphatic rings. The number of hydrogen-bond donors (Lipinski definition) is 1. The Morgan fingerprint density at radius 1 is 1.40 bits per heavy atom. The summed E-state index contributed by atoms with van der Waals surface area (Å²) < 4.78 is 0. The molecular weight excluding hydrogens is 150 g/mol. The summed E-state index contributed by atoms with van der Waals surface area (Å²) in [7, 11) is 0. The molecule has 1 saturated carbocycles. The molecule has 0 spiro atoms. The Balaban J connectivity index is 0.000000810. The molecular formula is C7H16ClNO. The number of nitrogens with two attached hydrogens (primary N) is 1. The molecule has 0 aromatic heterocycles. The van der Waals surface area contributed by atoms with Crippen LogP contribution in [0.2, 0.25) is 0 Å². The van der Waals surface area contributed by atoms with E-state index in [9.17, 15) is 0 Å². The summed E-state index contributed by atoms with van der Waals surface area (Å²) in [4.78, 5) is 4.73. The largest absolute Gasteiger partial charge is 0.301 e. The first-order chi connectivity index (χ1) is 4.34. The predicted molar refractivity (Wildman–Crippen MR) is 43.9 cm³/mol. The van der Waals surface area contributed by atoms with Gasteiger partial charge in [-0.15, -0.1) is 12.4 Å². The van der Waals surface area contributed by atoms with Crippen LogP contribution in [0.25, 0.3) is 0 Å². The van der Waals surface area contributed by atoms with E-state index in [1.54, 1.807) is 0 Å². The van der Waals surface area contributed by atoms with Crippen LogP contribution in [0.15, 0.2) is 0 Å². The van der Waals surface area contributed by atoms with Crippen molar-refractivity contribution in [1.29, 1.82) is 0 Å². The van der Waals surface area contributed by atoms with Crippen molar-refractivity contribution in [2.45, 2.75) is 38.7 Å². The van der Waals surface area contributed by atoms with Crippen molar-refractivity contribution in [3.63, 3.8) is 0 Å². The van der Waals surface area contributed by atoms with Crippen molar-refractivity contribution in [2.75, 3.05) is 0 Å². The first kappa shape index (κ1) is 10.2. The van der Waals surface area contributed by atoms with Gasteiger partial charge in [0.15, 0.2) is 0 Å². The third-order valence-corrected chi connectivity index (χ3v) is 2.28.